The van der Waals surface area contributed by atoms with E-state index in [1.165, 1.54) is 17.2 Å². The normalized spacial score (nSPS) is 11.9. The lowest BCUT2D eigenvalue weighted by molar-refractivity contribution is 0.624. The van der Waals surface area contributed by atoms with Gasteiger partial charge < -0.3 is 4.98 Å². The smallest absolute Gasteiger partial charge is 0.205 e. The minimum Gasteiger partial charge on any atom is -0.350 e. The van der Waals surface area contributed by atoms with Gasteiger partial charge in [0.2, 0.25) is 7.28 Å². The molecule has 2 nitrogen and oxygen atoms in total. The molecule has 0 radical (unpaired) electrons. The molecule has 1 N–H and O–H groups in total. The number of halogens is 1. The van der Waals surface area contributed by atoms with Crippen LogP contribution in [0.5, 0.6) is 0 Å². The third kappa shape index (κ3) is 4.65. The largest absolute Gasteiger partial charge is 0.350 e. The highest BCUT2D eigenvalue weighted by Gasteiger charge is 2.17. The van der Waals surface area contributed by atoms with Crippen LogP contribution in [0.3, 0.4) is 0 Å². The van der Waals surface area contributed by atoms with Crippen LogP contribution in [0.25, 0.3) is 11.3 Å². The van der Waals surface area contributed by atoms with Gasteiger partial charge in [-0.2, -0.15) is 0 Å². The van der Waals surface area contributed by atoms with E-state index < -0.39 is 0 Å². The average molecular weight is 382 g/mol. The zero-order valence-corrected chi connectivity index (χ0v) is 16.6. The zero-order valence-electron chi connectivity index (χ0n) is 16.6. The van der Waals surface area contributed by atoms with Crippen LogP contribution >= 0.6 is 0 Å². The van der Waals surface area contributed by atoms with Gasteiger partial charge in [-0.25, -0.2) is 4.39 Å². The van der Waals surface area contributed by atoms with Crippen molar-refractivity contribution in [2.45, 2.75) is 25.6 Å². The highest BCUT2D eigenvalue weighted by atomic mass is 19.1. The van der Waals surface area contributed by atoms with Crippen molar-refractivity contribution in [3.8, 4) is 11.3 Å². The number of rotatable bonds is 7. The molecule has 4 heteroatoms. The lowest BCUT2D eigenvalue weighted by Gasteiger charge is -2.18. The summed E-state index contributed by atoms with van der Waals surface area (Å²) in [6, 6.07) is 25.8. The van der Waals surface area contributed by atoms with Gasteiger partial charge in [0.15, 0.2) is 0 Å². The van der Waals surface area contributed by atoms with Gasteiger partial charge in [-0.3, -0.25) is 4.98 Å². The Labute approximate surface area is 172 Å². The minimum atomic E-state index is -0.191. The maximum Gasteiger partial charge on any atom is 0.205 e. The molecule has 0 bridgehead atoms. The van der Waals surface area contributed by atoms with Crippen LogP contribution in [-0.2, 0) is 6.42 Å². The quantitative estimate of drug-likeness (QED) is 0.443. The van der Waals surface area contributed by atoms with Crippen LogP contribution in [0.1, 0.15) is 29.5 Å². The molecule has 4 aromatic rings. The molecular formula is C25H24BFN2. The van der Waals surface area contributed by atoms with Crippen molar-refractivity contribution in [3.05, 3.63) is 108 Å². The fourth-order valence-corrected chi connectivity index (χ4v) is 3.81. The summed E-state index contributed by atoms with van der Waals surface area (Å²) in [5.74, 6) is -0.0639. The first kappa shape index (κ1) is 19.2. The Morgan fingerprint density at radius 1 is 0.931 bits per heavy atom. The molecule has 0 aliphatic rings. The third-order valence-electron chi connectivity index (χ3n) is 5.40. The number of nitrogens with zero attached hydrogens (tertiary/aromatic N) is 1. The van der Waals surface area contributed by atoms with E-state index in [1.54, 1.807) is 12.1 Å². The van der Waals surface area contributed by atoms with E-state index in [-0.39, 0.29) is 11.7 Å². The Balaban J connectivity index is 1.58. The Bertz CT molecular complexity index is 1070. The van der Waals surface area contributed by atoms with Gasteiger partial charge in [-0.1, -0.05) is 80.0 Å². The maximum absolute atomic E-state index is 13.9. The van der Waals surface area contributed by atoms with E-state index in [9.17, 15) is 4.39 Å². The summed E-state index contributed by atoms with van der Waals surface area (Å²) in [5.41, 5.74) is 6.64. The molecule has 1 heterocycles. The number of imidazole rings is 1. The highest BCUT2D eigenvalue weighted by molar-refractivity contribution is 6.51. The first-order chi connectivity index (χ1) is 14.2. The number of aromatic nitrogens is 2. The van der Waals surface area contributed by atoms with Crippen molar-refractivity contribution in [1.82, 2.24) is 9.97 Å². The molecule has 1 atom stereocenters. The number of hydrogen-bond acceptors (Lipinski definition) is 1. The van der Waals surface area contributed by atoms with Crippen LogP contribution in [0.15, 0.2) is 85.1 Å². The second-order valence-electron chi connectivity index (χ2n) is 7.35. The number of aromatic amines is 1. The zero-order chi connectivity index (χ0) is 20.1. The van der Waals surface area contributed by atoms with E-state index in [1.807, 2.05) is 30.5 Å². The molecule has 0 aliphatic heterocycles. The van der Waals surface area contributed by atoms with Crippen molar-refractivity contribution in [1.29, 1.82) is 0 Å². The molecular weight excluding hydrogens is 358 g/mol. The standard InChI is InChI=1S/C25H24BFN2/c1-2-18-8-6-11-20(14-18)23(21-12-7-13-22(27)15-21)16-26-25-28-17-24(29-25)19-9-4-3-5-10-19/h3-15,17,23,26H,2,16H2,1H3,(H,28,29). The molecule has 0 amide bonds. The Morgan fingerprint density at radius 3 is 2.45 bits per heavy atom. The molecule has 0 aliphatic carbocycles. The number of H-pyrrole nitrogens is 1. The van der Waals surface area contributed by atoms with E-state index in [0.717, 1.165) is 42.6 Å². The van der Waals surface area contributed by atoms with E-state index in [2.05, 4.69) is 53.3 Å². The summed E-state index contributed by atoms with van der Waals surface area (Å²) in [6.07, 6.45) is 3.74. The Kier molecular flexibility index (Phi) is 5.90. The average Bonchev–Trinajstić information content (AvgIpc) is 3.24. The fraction of sp³-hybridized carbons (Fsp3) is 0.160. The Hall–Kier alpha value is -3.14. The Morgan fingerprint density at radius 2 is 1.69 bits per heavy atom. The van der Waals surface area contributed by atoms with Gasteiger partial charge in [-0.15, -0.1) is 0 Å². The number of nitrogens with one attached hydrogen (secondary N) is 1. The van der Waals surface area contributed by atoms with Crippen LogP contribution in [-0.4, -0.2) is 17.2 Å². The lowest BCUT2D eigenvalue weighted by Crippen LogP contribution is -2.21. The number of aryl methyl sites for hydroxylation is 1. The SMILES string of the molecule is CCc1cccc(C(CBc2ncc(-c3ccccc3)[nH]2)c2cccc(F)c2)c1. The van der Waals surface area contributed by atoms with Crippen LogP contribution < -0.4 is 5.72 Å². The second kappa shape index (κ2) is 8.91. The third-order valence-corrected chi connectivity index (χ3v) is 5.40. The highest BCUT2D eigenvalue weighted by Crippen LogP contribution is 2.29. The first-order valence-electron chi connectivity index (χ1n) is 10.2. The van der Waals surface area contributed by atoms with Crippen LogP contribution in [0.2, 0.25) is 6.32 Å². The van der Waals surface area contributed by atoms with Gasteiger partial charge >= 0.3 is 0 Å². The monoisotopic (exact) mass is 382 g/mol. The topological polar surface area (TPSA) is 28.7 Å². The molecule has 1 unspecified atom stereocenters. The molecule has 0 saturated heterocycles. The van der Waals surface area contributed by atoms with Gasteiger partial charge in [0.25, 0.3) is 0 Å². The van der Waals surface area contributed by atoms with Crippen molar-refractivity contribution < 1.29 is 4.39 Å². The van der Waals surface area contributed by atoms with Crippen molar-refractivity contribution in [2.24, 2.45) is 0 Å². The summed E-state index contributed by atoms with van der Waals surface area (Å²) < 4.78 is 13.9. The van der Waals surface area contributed by atoms with Crippen LogP contribution in [0.4, 0.5) is 4.39 Å². The van der Waals surface area contributed by atoms with E-state index >= 15 is 0 Å². The summed E-state index contributed by atoms with van der Waals surface area (Å²) in [6.45, 7) is 2.16. The molecule has 29 heavy (non-hydrogen) atoms. The van der Waals surface area contributed by atoms with Crippen molar-refractivity contribution in [2.75, 3.05) is 0 Å². The predicted molar refractivity (Wildman–Crippen MR) is 120 cm³/mol. The van der Waals surface area contributed by atoms with Gasteiger partial charge in [-0.05, 0) is 40.8 Å². The predicted octanol–water partition coefficient (Wildman–Crippen LogP) is 5.09. The van der Waals surface area contributed by atoms with Crippen molar-refractivity contribution in [3.63, 3.8) is 0 Å². The first-order valence-corrected chi connectivity index (χ1v) is 10.2. The molecule has 0 spiro atoms. The molecule has 144 valence electrons. The molecule has 1 aromatic heterocycles. The summed E-state index contributed by atoms with van der Waals surface area (Å²) >= 11 is 0. The van der Waals surface area contributed by atoms with Gasteiger partial charge in [0, 0.05) is 5.92 Å². The second-order valence-corrected chi connectivity index (χ2v) is 7.35. The van der Waals surface area contributed by atoms with Gasteiger partial charge in [0.05, 0.1) is 17.6 Å². The summed E-state index contributed by atoms with van der Waals surface area (Å²) in [4.78, 5) is 8.01. The summed E-state index contributed by atoms with van der Waals surface area (Å²) in [5, 5.41) is 0. The van der Waals surface area contributed by atoms with Crippen molar-refractivity contribution >= 4 is 13.0 Å². The number of benzene rings is 3. The molecule has 3 aromatic carbocycles. The fourth-order valence-electron chi connectivity index (χ4n) is 3.81. The molecule has 4 rings (SSSR count). The minimum absolute atomic E-state index is 0.127. The maximum atomic E-state index is 13.9. The van der Waals surface area contributed by atoms with Gasteiger partial charge in [0.1, 0.15) is 5.82 Å². The lowest BCUT2D eigenvalue weighted by atomic mass is 9.65. The van der Waals surface area contributed by atoms with Crippen LogP contribution in [0, 0.1) is 5.82 Å². The van der Waals surface area contributed by atoms with E-state index in [0.29, 0.717) is 0 Å². The summed E-state index contributed by atoms with van der Waals surface area (Å²) in [7, 11) is 0.796. The molecule has 0 fully saturated rings. The van der Waals surface area contributed by atoms with E-state index in [4.69, 9.17) is 0 Å². The number of hydrogen-bond donors (Lipinski definition) is 1. The molecule has 0 saturated carbocycles.